The Morgan fingerprint density at radius 2 is 2.07 bits per heavy atom. The summed E-state index contributed by atoms with van der Waals surface area (Å²) in [5.74, 6) is 0.961. The second-order valence-electron chi connectivity index (χ2n) is 7.48. The number of rotatable bonds is 5. The van der Waals surface area contributed by atoms with Crippen molar-refractivity contribution < 1.29 is 4.74 Å². The summed E-state index contributed by atoms with van der Waals surface area (Å²) in [6.07, 6.45) is 2.98. The van der Waals surface area contributed by atoms with Crippen LogP contribution in [-0.4, -0.2) is 20.9 Å². The van der Waals surface area contributed by atoms with Crippen LogP contribution in [0.3, 0.4) is 0 Å². The van der Waals surface area contributed by atoms with Crippen LogP contribution < -0.4 is 5.56 Å². The fraction of sp³-hybridized carbons (Fsp3) is 0.429. The molecule has 0 saturated carbocycles. The summed E-state index contributed by atoms with van der Waals surface area (Å²) in [6, 6.07) is 9.85. The van der Waals surface area contributed by atoms with Crippen LogP contribution in [0.1, 0.15) is 44.1 Å². The van der Waals surface area contributed by atoms with Crippen LogP contribution in [0.5, 0.6) is 0 Å². The molecule has 27 heavy (non-hydrogen) atoms. The molecule has 0 aliphatic carbocycles. The number of aromatic nitrogens is 2. The maximum atomic E-state index is 13.6. The van der Waals surface area contributed by atoms with Crippen LogP contribution in [0, 0.1) is 0 Å². The van der Waals surface area contributed by atoms with E-state index in [0.29, 0.717) is 6.61 Å². The Kier molecular flexibility index (Phi) is 5.14. The normalized spacial score (nSPS) is 15.8. The van der Waals surface area contributed by atoms with Crippen LogP contribution in [0.15, 0.2) is 40.3 Å². The van der Waals surface area contributed by atoms with Gasteiger partial charge in [0.15, 0.2) is 5.16 Å². The van der Waals surface area contributed by atoms with Crippen LogP contribution in [0.2, 0.25) is 0 Å². The van der Waals surface area contributed by atoms with Crippen molar-refractivity contribution >= 4 is 33.3 Å². The first kappa shape index (κ1) is 18.7. The number of ether oxygens (including phenoxy) is 1. The Morgan fingerprint density at radius 1 is 1.30 bits per heavy atom. The molecule has 0 N–H and O–H groups in total. The molecule has 0 fully saturated rings. The Hall–Kier alpha value is -1.63. The number of thioether (sulfide) groups is 1. The number of hydrogen-bond donors (Lipinski definition) is 0. The van der Waals surface area contributed by atoms with Crippen LogP contribution in [0.4, 0.5) is 0 Å². The molecule has 0 radical (unpaired) electrons. The highest BCUT2D eigenvalue weighted by Gasteiger charge is 2.31. The van der Waals surface area contributed by atoms with Gasteiger partial charge in [-0.05, 0) is 38.0 Å². The summed E-state index contributed by atoms with van der Waals surface area (Å²) >= 11 is 3.28. The second kappa shape index (κ2) is 7.41. The smallest absolute Gasteiger partial charge is 0.267 e. The molecule has 1 aliphatic rings. The van der Waals surface area contributed by atoms with Gasteiger partial charge in [0, 0.05) is 17.1 Å². The van der Waals surface area contributed by atoms with Crippen LogP contribution >= 0.6 is 23.1 Å². The third kappa shape index (κ3) is 3.58. The number of benzene rings is 1. The summed E-state index contributed by atoms with van der Waals surface area (Å²) in [6.45, 7) is 6.90. The minimum Gasteiger partial charge on any atom is -0.370 e. The highest BCUT2D eigenvalue weighted by atomic mass is 32.2. The third-order valence-electron chi connectivity index (χ3n) is 4.82. The van der Waals surface area contributed by atoms with Crippen molar-refractivity contribution in [1.82, 2.24) is 9.55 Å². The SMILES string of the molecule is CCCCSc1nc2sc3c(c2c(=O)n1-c1ccccc1)CC(C)(C)OC3. The Balaban J connectivity index is 1.93. The maximum absolute atomic E-state index is 13.6. The molecule has 142 valence electrons. The van der Waals surface area contributed by atoms with Gasteiger partial charge in [0.1, 0.15) is 4.83 Å². The van der Waals surface area contributed by atoms with Crippen molar-refractivity contribution in [2.75, 3.05) is 5.75 Å². The minimum absolute atomic E-state index is 0.0420. The third-order valence-corrected chi connectivity index (χ3v) is 6.94. The average molecular weight is 401 g/mol. The van der Waals surface area contributed by atoms with Gasteiger partial charge in [0.05, 0.1) is 23.3 Å². The van der Waals surface area contributed by atoms with E-state index >= 15 is 0 Å². The molecular weight excluding hydrogens is 376 g/mol. The zero-order valence-electron chi connectivity index (χ0n) is 15.9. The van der Waals surface area contributed by atoms with Crippen molar-refractivity contribution in [3.63, 3.8) is 0 Å². The van der Waals surface area contributed by atoms with E-state index in [9.17, 15) is 4.79 Å². The van der Waals surface area contributed by atoms with E-state index < -0.39 is 0 Å². The van der Waals surface area contributed by atoms with Gasteiger partial charge in [0.2, 0.25) is 0 Å². The molecule has 3 aromatic rings. The van der Waals surface area contributed by atoms with Gasteiger partial charge in [0.25, 0.3) is 5.56 Å². The molecule has 0 amide bonds. The molecule has 4 rings (SSSR count). The lowest BCUT2D eigenvalue weighted by atomic mass is 9.94. The van der Waals surface area contributed by atoms with Crippen molar-refractivity contribution in [2.45, 2.75) is 57.4 Å². The molecule has 0 unspecified atom stereocenters. The lowest BCUT2D eigenvalue weighted by molar-refractivity contribution is -0.0379. The van der Waals surface area contributed by atoms with Crippen molar-refractivity contribution in [3.05, 3.63) is 51.1 Å². The topological polar surface area (TPSA) is 44.1 Å². The fourth-order valence-corrected chi connectivity index (χ4v) is 5.62. The Morgan fingerprint density at radius 3 is 2.81 bits per heavy atom. The number of unbranched alkanes of at least 4 members (excludes halogenated alkanes) is 1. The summed E-state index contributed by atoms with van der Waals surface area (Å²) in [5.41, 5.74) is 1.79. The van der Waals surface area contributed by atoms with Crippen molar-refractivity contribution in [3.8, 4) is 5.69 Å². The fourth-order valence-electron chi connectivity index (χ4n) is 3.38. The van der Waals surface area contributed by atoms with Crippen molar-refractivity contribution in [2.24, 2.45) is 0 Å². The number of hydrogen-bond acceptors (Lipinski definition) is 5. The Labute approximate surface area is 167 Å². The monoisotopic (exact) mass is 400 g/mol. The maximum Gasteiger partial charge on any atom is 0.267 e. The summed E-state index contributed by atoms with van der Waals surface area (Å²) in [4.78, 5) is 20.5. The summed E-state index contributed by atoms with van der Waals surface area (Å²) in [7, 11) is 0. The first-order chi connectivity index (χ1) is 13.0. The zero-order chi connectivity index (χ0) is 19.0. The number of fused-ring (bicyclic) bond motifs is 3. The van der Waals surface area contributed by atoms with E-state index in [1.165, 1.54) is 0 Å². The second-order valence-corrected chi connectivity index (χ2v) is 9.63. The van der Waals surface area contributed by atoms with Crippen LogP contribution in [0.25, 0.3) is 15.9 Å². The van der Waals surface area contributed by atoms with Gasteiger partial charge in [-0.25, -0.2) is 4.98 Å². The molecule has 0 bridgehead atoms. The highest BCUT2D eigenvalue weighted by Crippen LogP contribution is 2.37. The van der Waals surface area contributed by atoms with Gasteiger partial charge in [-0.15, -0.1) is 11.3 Å². The molecule has 0 spiro atoms. The number of thiophene rings is 1. The van der Waals surface area contributed by atoms with E-state index in [1.807, 2.05) is 30.3 Å². The molecule has 1 aliphatic heterocycles. The molecule has 6 heteroatoms. The summed E-state index contributed by atoms with van der Waals surface area (Å²) < 4.78 is 7.74. The van der Waals surface area contributed by atoms with Gasteiger partial charge >= 0.3 is 0 Å². The molecule has 3 heterocycles. The van der Waals surface area contributed by atoms with E-state index in [-0.39, 0.29) is 11.2 Å². The van der Waals surface area contributed by atoms with E-state index in [2.05, 4.69) is 20.8 Å². The molecule has 0 saturated heterocycles. The highest BCUT2D eigenvalue weighted by molar-refractivity contribution is 7.99. The standard InChI is InChI=1S/C21H24N2O2S2/c1-4-5-11-26-20-22-18-17(15-12-21(2,3)25-13-16(15)27-18)19(24)23(20)14-9-7-6-8-10-14/h6-10H,4-5,11-13H2,1-3H3. The predicted molar refractivity (Wildman–Crippen MR) is 113 cm³/mol. The van der Waals surface area contributed by atoms with Crippen molar-refractivity contribution in [1.29, 1.82) is 0 Å². The van der Waals surface area contributed by atoms with Gasteiger partial charge < -0.3 is 4.74 Å². The van der Waals surface area contributed by atoms with E-state index in [1.54, 1.807) is 27.7 Å². The largest absolute Gasteiger partial charge is 0.370 e. The van der Waals surface area contributed by atoms with Gasteiger partial charge in [-0.2, -0.15) is 0 Å². The lowest BCUT2D eigenvalue weighted by Gasteiger charge is -2.29. The molecule has 1 aromatic carbocycles. The average Bonchev–Trinajstić information content (AvgIpc) is 2.99. The Bertz CT molecular complexity index is 1020. The van der Waals surface area contributed by atoms with Gasteiger partial charge in [-0.1, -0.05) is 43.3 Å². The van der Waals surface area contributed by atoms with E-state index in [0.717, 1.165) is 56.5 Å². The number of nitrogens with zero attached hydrogens (tertiary/aromatic N) is 2. The molecule has 2 aromatic heterocycles. The minimum atomic E-state index is -0.250. The first-order valence-corrected chi connectivity index (χ1v) is 11.2. The molecule has 4 nitrogen and oxygen atoms in total. The molecule has 0 atom stereocenters. The summed E-state index contributed by atoms with van der Waals surface area (Å²) in [5, 5.41) is 1.56. The van der Waals surface area contributed by atoms with Crippen LogP contribution in [-0.2, 0) is 17.8 Å². The number of para-hydroxylation sites is 1. The quantitative estimate of drug-likeness (QED) is 0.336. The zero-order valence-corrected chi connectivity index (χ0v) is 17.6. The predicted octanol–water partition coefficient (Wildman–Crippen LogP) is 5.19. The molecular formula is C21H24N2O2S2. The lowest BCUT2D eigenvalue weighted by Crippen LogP contribution is -2.32. The van der Waals surface area contributed by atoms with Gasteiger partial charge in [-0.3, -0.25) is 9.36 Å². The first-order valence-electron chi connectivity index (χ1n) is 9.39. The van der Waals surface area contributed by atoms with E-state index in [4.69, 9.17) is 9.72 Å².